The molecule has 1 amide bonds. The van der Waals surface area contributed by atoms with Gasteiger partial charge in [0.05, 0.1) is 5.02 Å². The largest absolute Gasteiger partial charge is 0.482 e. The van der Waals surface area contributed by atoms with Gasteiger partial charge in [-0.25, -0.2) is 4.98 Å². The summed E-state index contributed by atoms with van der Waals surface area (Å²) >= 11 is 11.8. The Morgan fingerprint density at radius 2 is 2.18 bits per heavy atom. The molecule has 116 valence electrons. The number of benzene rings is 1. The Labute approximate surface area is 137 Å². The van der Waals surface area contributed by atoms with Crippen molar-refractivity contribution < 1.29 is 9.53 Å². The SMILES string of the molecule is O=C(COc1ccc(Cl)cc1Cl)N1CC(Cn2cncn2)C1. The number of hydrogen-bond donors (Lipinski definition) is 0. The van der Waals surface area contributed by atoms with Gasteiger partial charge in [-0.15, -0.1) is 0 Å². The van der Waals surface area contributed by atoms with Gasteiger partial charge in [-0.05, 0) is 18.2 Å². The van der Waals surface area contributed by atoms with Crippen molar-refractivity contribution in [3.05, 3.63) is 40.9 Å². The van der Waals surface area contributed by atoms with Crippen molar-refractivity contribution in [2.45, 2.75) is 6.54 Å². The van der Waals surface area contributed by atoms with E-state index in [1.54, 1.807) is 34.1 Å². The van der Waals surface area contributed by atoms with Crippen molar-refractivity contribution in [1.82, 2.24) is 19.7 Å². The minimum absolute atomic E-state index is 0.0304. The third kappa shape index (κ3) is 3.51. The first-order valence-corrected chi connectivity index (χ1v) is 7.55. The van der Waals surface area contributed by atoms with E-state index in [9.17, 15) is 4.79 Å². The number of rotatable bonds is 5. The second kappa shape index (κ2) is 6.54. The lowest BCUT2D eigenvalue weighted by molar-refractivity contribution is -0.140. The molecule has 1 aliphatic heterocycles. The van der Waals surface area contributed by atoms with Crippen LogP contribution in [0.15, 0.2) is 30.9 Å². The van der Waals surface area contributed by atoms with Gasteiger partial charge in [-0.2, -0.15) is 5.10 Å². The standard InChI is InChI=1S/C14H14Cl2N4O2/c15-11-1-2-13(12(16)3-11)22-7-14(21)19-4-10(5-19)6-20-9-17-8-18-20/h1-3,8-10H,4-7H2. The zero-order valence-electron chi connectivity index (χ0n) is 11.7. The molecule has 8 heteroatoms. The van der Waals surface area contributed by atoms with E-state index in [1.165, 1.54) is 6.33 Å². The highest BCUT2D eigenvalue weighted by molar-refractivity contribution is 6.35. The molecule has 22 heavy (non-hydrogen) atoms. The number of carbonyl (C=O) groups is 1. The molecule has 0 saturated carbocycles. The minimum atomic E-state index is -0.0548. The lowest BCUT2D eigenvalue weighted by Crippen LogP contribution is -2.52. The van der Waals surface area contributed by atoms with Crippen LogP contribution in [-0.2, 0) is 11.3 Å². The first kappa shape index (κ1) is 15.1. The van der Waals surface area contributed by atoms with Crippen LogP contribution in [0.2, 0.25) is 10.0 Å². The van der Waals surface area contributed by atoms with Crippen molar-refractivity contribution in [1.29, 1.82) is 0 Å². The number of ether oxygens (including phenoxy) is 1. The number of likely N-dealkylation sites (tertiary alicyclic amines) is 1. The second-order valence-electron chi connectivity index (χ2n) is 5.15. The molecule has 3 rings (SSSR count). The summed E-state index contributed by atoms with van der Waals surface area (Å²) in [4.78, 5) is 17.7. The van der Waals surface area contributed by atoms with E-state index >= 15 is 0 Å². The van der Waals surface area contributed by atoms with Crippen molar-refractivity contribution in [2.24, 2.45) is 5.92 Å². The van der Waals surface area contributed by atoms with E-state index < -0.39 is 0 Å². The lowest BCUT2D eigenvalue weighted by Gasteiger charge is -2.39. The fraction of sp³-hybridized carbons (Fsp3) is 0.357. The van der Waals surface area contributed by atoms with Gasteiger partial charge in [-0.1, -0.05) is 23.2 Å². The summed E-state index contributed by atoms with van der Waals surface area (Å²) in [7, 11) is 0. The van der Waals surface area contributed by atoms with Crippen LogP contribution in [0.4, 0.5) is 0 Å². The van der Waals surface area contributed by atoms with Gasteiger partial charge in [0.15, 0.2) is 6.61 Å². The van der Waals surface area contributed by atoms with Gasteiger partial charge in [0.2, 0.25) is 0 Å². The van der Waals surface area contributed by atoms with E-state index in [1.807, 2.05) is 0 Å². The molecule has 0 radical (unpaired) electrons. The summed E-state index contributed by atoms with van der Waals surface area (Å²) < 4.78 is 7.22. The minimum Gasteiger partial charge on any atom is -0.482 e. The molecule has 2 heterocycles. The van der Waals surface area contributed by atoms with Crippen LogP contribution in [0.3, 0.4) is 0 Å². The summed E-state index contributed by atoms with van der Waals surface area (Å²) in [6.45, 7) is 2.15. The number of hydrogen-bond acceptors (Lipinski definition) is 4. The molecule has 0 atom stereocenters. The van der Waals surface area contributed by atoms with Crippen LogP contribution in [0.25, 0.3) is 0 Å². The molecule has 1 fully saturated rings. The van der Waals surface area contributed by atoms with Crippen molar-refractivity contribution in [2.75, 3.05) is 19.7 Å². The fourth-order valence-corrected chi connectivity index (χ4v) is 2.77. The number of halogens is 2. The summed E-state index contributed by atoms with van der Waals surface area (Å²) in [5.41, 5.74) is 0. The Kier molecular flexibility index (Phi) is 4.49. The van der Waals surface area contributed by atoms with Gasteiger partial charge < -0.3 is 9.64 Å². The van der Waals surface area contributed by atoms with Crippen LogP contribution in [0, 0.1) is 5.92 Å². The monoisotopic (exact) mass is 340 g/mol. The predicted molar refractivity (Wildman–Crippen MR) is 82.0 cm³/mol. The molecular formula is C14H14Cl2N4O2. The Bertz CT molecular complexity index is 657. The molecule has 0 unspecified atom stereocenters. The fourth-order valence-electron chi connectivity index (χ4n) is 2.30. The summed E-state index contributed by atoms with van der Waals surface area (Å²) in [5, 5.41) is 4.98. The molecule has 1 aliphatic rings. The van der Waals surface area contributed by atoms with E-state index in [-0.39, 0.29) is 12.5 Å². The number of amides is 1. The molecule has 0 aliphatic carbocycles. The molecule has 0 bridgehead atoms. The molecular weight excluding hydrogens is 327 g/mol. The van der Waals surface area contributed by atoms with Crippen LogP contribution < -0.4 is 4.74 Å². The Morgan fingerprint density at radius 1 is 1.36 bits per heavy atom. The van der Waals surface area contributed by atoms with Crippen LogP contribution >= 0.6 is 23.2 Å². The quantitative estimate of drug-likeness (QED) is 0.836. The summed E-state index contributed by atoms with van der Waals surface area (Å²) in [5.74, 6) is 0.810. The van der Waals surface area contributed by atoms with E-state index in [0.717, 1.165) is 6.54 Å². The third-order valence-corrected chi connectivity index (χ3v) is 4.00. The molecule has 6 nitrogen and oxygen atoms in total. The topological polar surface area (TPSA) is 60.2 Å². The Morgan fingerprint density at radius 3 is 2.86 bits per heavy atom. The summed E-state index contributed by atoms with van der Waals surface area (Å²) in [6.07, 6.45) is 3.18. The third-order valence-electron chi connectivity index (χ3n) is 3.47. The zero-order valence-corrected chi connectivity index (χ0v) is 13.2. The van der Waals surface area contributed by atoms with Gasteiger partial charge in [0.25, 0.3) is 5.91 Å². The van der Waals surface area contributed by atoms with Crippen molar-refractivity contribution in [3.63, 3.8) is 0 Å². The maximum absolute atomic E-state index is 12.0. The highest BCUT2D eigenvalue weighted by Gasteiger charge is 2.31. The second-order valence-corrected chi connectivity index (χ2v) is 5.99. The van der Waals surface area contributed by atoms with Crippen molar-refractivity contribution in [3.8, 4) is 5.75 Å². The maximum atomic E-state index is 12.0. The van der Waals surface area contributed by atoms with E-state index in [0.29, 0.717) is 34.8 Å². The molecule has 1 aromatic heterocycles. The molecule has 1 saturated heterocycles. The smallest absolute Gasteiger partial charge is 0.260 e. The molecule has 0 N–H and O–H groups in total. The van der Waals surface area contributed by atoms with E-state index in [4.69, 9.17) is 27.9 Å². The van der Waals surface area contributed by atoms with E-state index in [2.05, 4.69) is 10.1 Å². The van der Waals surface area contributed by atoms with Gasteiger partial charge in [-0.3, -0.25) is 9.48 Å². The van der Waals surface area contributed by atoms with Crippen LogP contribution in [0.5, 0.6) is 5.75 Å². The van der Waals surface area contributed by atoms with Crippen LogP contribution in [-0.4, -0.2) is 45.3 Å². The first-order valence-electron chi connectivity index (χ1n) is 6.80. The maximum Gasteiger partial charge on any atom is 0.260 e. The van der Waals surface area contributed by atoms with Gasteiger partial charge in [0.1, 0.15) is 18.4 Å². The average molecular weight is 341 g/mol. The lowest BCUT2D eigenvalue weighted by atomic mass is 10.0. The Balaban J connectivity index is 1.44. The van der Waals surface area contributed by atoms with Gasteiger partial charge in [0, 0.05) is 30.6 Å². The predicted octanol–water partition coefficient (Wildman–Crippen LogP) is 2.12. The molecule has 0 spiro atoms. The molecule has 2 aromatic rings. The Hall–Kier alpha value is -1.79. The molecule has 1 aromatic carbocycles. The summed E-state index contributed by atoms with van der Waals surface area (Å²) in [6, 6.07) is 4.91. The number of aromatic nitrogens is 3. The first-order chi connectivity index (χ1) is 10.6. The number of carbonyl (C=O) groups excluding carboxylic acids is 1. The normalized spacial score (nSPS) is 14.7. The highest BCUT2D eigenvalue weighted by Crippen LogP contribution is 2.27. The average Bonchev–Trinajstić information content (AvgIpc) is 2.94. The zero-order chi connectivity index (χ0) is 15.5. The highest BCUT2D eigenvalue weighted by atomic mass is 35.5. The van der Waals surface area contributed by atoms with Gasteiger partial charge >= 0.3 is 0 Å². The number of nitrogens with zero attached hydrogens (tertiary/aromatic N) is 4. The van der Waals surface area contributed by atoms with Crippen LogP contribution in [0.1, 0.15) is 0 Å². The van der Waals surface area contributed by atoms with Crippen molar-refractivity contribution >= 4 is 29.1 Å².